The highest BCUT2D eigenvalue weighted by Gasteiger charge is 2.32. The summed E-state index contributed by atoms with van der Waals surface area (Å²) < 4.78 is 38.6. The fourth-order valence-electron chi connectivity index (χ4n) is 1.97. The van der Waals surface area contributed by atoms with Gasteiger partial charge >= 0.3 is 12.1 Å². The van der Waals surface area contributed by atoms with E-state index in [9.17, 15) is 18.0 Å². The lowest BCUT2D eigenvalue weighted by Crippen LogP contribution is -2.14. The molecule has 2 rings (SSSR count). The highest BCUT2D eigenvalue weighted by Crippen LogP contribution is 2.35. The van der Waals surface area contributed by atoms with Gasteiger partial charge in [-0.25, -0.2) is 9.78 Å². The van der Waals surface area contributed by atoms with Gasteiger partial charge in [0.25, 0.3) is 0 Å². The number of pyridine rings is 1. The fourth-order valence-corrected chi connectivity index (χ4v) is 1.97. The second-order valence-electron chi connectivity index (χ2n) is 4.87. The maximum absolute atomic E-state index is 12.9. The van der Waals surface area contributed by atoms with E-state index in [0.717, 1.165) is 12.3 Å². The summed E-state index contributed by atoms with van der Waals surface area (Å²) in [7, 11) is 3.34. The molecule has 1 aromatic carbocycles. The number of carboxylic acids is 1. The minimum atomic E-state index is -4.49. The van der Waals surface area contributed by atoms with Crippen LogP contribution in [0.15, 0.2) is 36.5 Å². The van der Waals surface area contributed by atoms with E-state index >= 15 is 0 Å². The van der Waals surface area contributed by atoms with Crippen molar-refractivity contribution < 1.29 is 23.1 Å². The number of hydrogen-bond donors (Lipinski definition) is 1. The third-order valence-electron chi connectivity index (χ3n) is 3.06. The van der Waals surface area contributed by atoms with Crippen molar-refractivity contribution in [1.29, 1.82) is 0 Å². The van der Waals surface area contributed by atoms with Crippen molar-refractivity contribution in [1.82, 2.24) is 4.98 Å². The largest absolute Gasteiger partial charge is 0.478 e. The lowest BCUT2D eigenvalue weighted by atomic mass is 10.0. The Hall–Kier alpha value is -2.57. The number of aromatic carboxylic acids is 1. The van der Waals surface area contributed by atoms with Crippen LogP contribution in [0, 0.1) is 0 Å². The van der Waals surface area contributed by atoms with Crippen LogP contribution in [0.5, 0.6) is 0 Å². The van der Waals surface area contributed by atoms with E-state index in [1.165, 1.54) is 24.3 Å². The number of aromatic nitrogens is 1. The average Bonchev–Trinajstić information content (AvgIpc) is 2.45. The van der Waals surface area contributed by atoms with Crippen LogP contribution in [-0.4, -0.2) is 30.2 Å². The molecule has 0 saturated carbocycles. The molecule has 2 aromatic rings. The first kappa shape index (κ1) is 15.8. The number of halogens is 3. The molecule has 0 atom stereocenters. The summed E-state index contributed by atoms with van der Waals surface area (Å²) in [6.07, 6.45) is -3.71. The van der Waals surface area contributed by atoms with Gasteiger partial charge in [-0.3, -0.25) is 0 Å². The van der Waals surface area contributed by atoms with E-state index in [1.807, 2.05) is 0 Å². The zero-order chi connectivity index (χ0) is 16.5. The van der Waals surface area contributed by atoms with Crippen LogP contribution in [0.3, 0.4) is 0 Å². The van der Waals surface area contributed by atoms with E-state index in [0.29, 0.717) is 11.4 Å². The predicted octanol–water partition coefficient (Wildman–Crippen LogP) is 3.53. The first-order chi connectivity index (χ1) is 10.2. The molecule has 1 heterocycles. The number of anilines is 1. The Bertz CT molecular complexity index is 695. The summed E-state index contributed by atoms with van der Waals surface area (Å²) in [5, 5.41) is 8.87. The zero-order valence-electron chi connectivity index (χ0n) is 11.8. The number of nitrogens with zero attached hydrogens (tertiary/aromatic N) is 2. The molecule has 0 aliphatic heterocycles. The predicted molar refractivity (Wildman–Crippen MR) is 76.0 cm³/mol. The Morgan fingerprint density at radius 1 is 1.18 bits per heavy atom. The normalized spacial score (nSPS) is 11.3. The second kappa shape index (κ2) is 5.67. The summed E-state index contributed by atoms with van der Waals surface area (Å²) in [6, 6.07) is 6.63. The summed E-state index contributed by atoms with van der Waals surface area (Å²) in [4.78, 5) is 16.3. The number of carboxylic acid groups (broad SMARTS) is 1. The van der Waals surface area contributed by atoms with Gasteiger partial charge in [-0.1, -0.05) is 12.1 Å². The molecule has 0 spiro atoms. The molecule has 0 amide bonds. The van der Waals surface area contributed by atoms with Crippen LogP contribution in [0.1, 0.15) is 15.9 Å². The topological polar surface area (TPSA) is 53.4 Å². The van der Waals surface area contributed by atoms with Crippen LogP contribution < -0.4 is 4.90 Å². The summed E-state index contributed by atoms with van der Waals surface area (Å²) in [5.74, 6) is -0.724. The van der Waals surface area contributed by atoms with Gasteiger partial charge in [0.15, 0.2) is 0 Å². The summed E-state index contributed by atoms with van der Waals surface area (Å²) >= 11 is 0. The molecule has 1 aromatic heterocycles. The third-order valence-corrected chi connectivity index (χ3v) is 3.06. The molecular weight excluding hydrogens is 297 g/mol. The Balaban J connectivity index is 2.58. The molecule has 7 heteroatoms. The molecule has 1 N–H and O–H groups in total. The Morgan fingerprint density at radius 3 is 2.23 bits per heavy atom. The molecule has 0 fully saturated rings. The first-order valence-corrected chi connectivity index (χ1v) is 6.28. The van der Waals surface area contributed by atoms with E-state index in [1.54, 1.807) is 19.0 Å². The molecule has 4 nitrogen and oxygen atoms in total. The number of carbonyl (C=O) groups is 1. The van der Waals surface area contributed by atoms with Crippen molar-refractivity contribution in [3.63, 3.8) is 0 Å². The average molecular weight is 310 g/mol. The van der Waals surface area contributed by atoms with Gasteiger partial charge in [-0.2, -0.15) is 13.2 Å². The van der Waals surface area contributed by atoms with E-state index < -0.39 is 17.7 Å². The molecule has 116 valence electrons. The van der Waals surface area contributed by atoms with Crippen LogP contribution in [0.4, 0.5) is 19.0 Å². The van der Waals surface area contributed by atoms with Crippen LogP contribution in [0.25, 0.3) is 11.1 Å². The lowest BCUT2D eigenvalue weighted by Gasteiger charge is -2.18. The molecule has 0 saturated heterocycles. The molecular formula is C15H13F3N2O2. The number of hydrogen-bond acceptors (Lipinski definition) is 3. The van der Waals surface area contributed by atoms with Gasteiger partial charge < -0.3 is 10.0 Å². The third kappa shape index (κ3) is 3.19. The van der Waals surface area contributed by atoms with Crippen molar-refractivity contribution in [3.8, 4) is 11.1 Å². The van der Waals surface area contributed by atoms with Crippen molar-refractivity contribution in [2.45, 2.75) is 6.18 Å². The Kier molecular flexibility index (Phi) is 4.07. The van der Waals surface area contributed by atoms with E-state index in [2.05, 4.69) is 4.98 Å². The minimum Gasteiger partial charge on any atom is -0.478 e. The van der Waals surface area contributed by atoms with Gasteiger partial charge in [0, 0.05) is 25.9 Å². The molecule has 0 unspecified atom stereocenters. The molecule has 22 heavy (non-hydrogen) atoms. The minimum absolute atomic E-state index is 0.0649. The van der Waals surface area contributed by atoms with Crippen LogP contribution in [-0.2, 0) is 6.18 Å². The summed E-state index contributed by atoms with van der Waals surface area (Å²) in [6.45, 7) is 0. The zero-order valence-corrected chi connectivity index (χ0v) is 11.8. The highest BCUT2D eigenvalue weighted by atomic mass is 19.4. The quantitative estimate of drug-likeness (QED) is 0.942. The maximum atomic E-state index is 12.9. The maximum Gasteiger partial charge on any atom is 0.417 e. The Morgan fingerprint density at radius 2 is 1.77 bits per heavy atom. The fraction of sp³-hybridized carbons (Fsp3) is 0.200. The van der Waals surface area contributed by atoms with Crippen molar-refractivity contribution >= 4 is 11.8 Å². The SMILES string of the molecule is CN(C)c1ncc(C(F)(F)F)cc1-c1ccc(C(=O)O)cc1. The standard InChI is InChI=1S/C15H13F3N2O2/c1-20(2)13-12(7-11(8-19-13)15(16,17)18)9-3-5-10(6-4-9)14(21)22/h3-8H,1-2H3,(H,21,22). The van der Waals surface area contributed by atoms with Crippen LogP contribution >= 0.6 is 0 Å². The van der Waals surface area contributed by atoms with E-state index in [-0.39, 0.29) is 11.1 Å². The first-order valence-electron chi connectivity index (χ1n) is 6.28. The molecule has 0 bridgehead atoms. The van der Waals surface area contributed by atoms with Crippen molar-refractivity contribution in [2.24, 2.45) is 0 Å². The van der Waals surface area contributed by atoms with Crippen LogP contribution in [0.2, 0.25) is 0 Å². The van der Waals surface area contributed by atoms with Gasteiger partial charge in [0.1, 0.15) is 5.82 Å². The van der Waals surface area contributed by atoms with Gasteiger partial charge in [0.05, 0.1) is 11.1 Å². The monoisotopic (exact) mass is 310 g/mol. The Labute approximate surface area is 124 Å². The molecule has 0 aliphatic carbocycles. The van der Waals surface area contributed by atoms with Crippen molar-refractivity contribution in [2.75, 3.05) is 19.0 Å². The van der Waals surface area contributed by atoms with Gasteiger partial charge in [-0.05, 0) is 23.8 Å². The lowest BCUT2D eigenvalue weighted by molar-refractivity contribution is -0.137. The van der Waals surface area contributed by atoms with Crippen molar-refractivity contribution in [3.05, 3.63) is 47.7 Å². The molecule has 0 aliphatic rings. The molecule has 0 radical (unpaired) electrons. The number of rotatable bonds is 3. The second-order valence-corrected chi connectivity index (χ2v) is 4.87. The smallest absolute Gasteiger partial charge is 0.417 e. The summed E-state index contributed by atoms with van der Waals surface area (Å²) in [5.41, 5.74) is -0.0328. The van der Waals surface area contributed by atoms with E-state index in [4.69, 9.17) is 5.11 Å². The number of alkyl halides is 3. The van der Waals surface area contributed by atoms with Gasteiger partial charge in [0.2, 0.25) is 0 Å². The van der Waals surface area contributed by atoms with Gasteiger partial charge in [-0.15, -0.1) is 0 Å². The number of benzene rings is 1. The highest BCUT2D eigenvalue weighted by molar-refractivity contribution is 5.88.